The van der Waals surface area contributed by atoms with Gasteiger partial charge in [-0.2, -0.15) is 0 Å². The molecule has 1 aromatic rings. The van der Waals surface area contributed by atoms with Gasteiger partial charge in [0.1, 0.15) is 0 Å². The second kappa shape index (κ2) is 11.3. The molecule has 1 aliphatic heterocycles. The second-order valence-corrected chi connectivity index (χ2v) is 7.97. The number of likely N-dealkylation sites (N-methyl/N-ethyl adjacent to an activating group) is 1. The van der Waals surface area contributed by atoms with Gasteiger partial charge in [0.25, 0.3) is 0 Å². The molecule has 4 nitrogen and oxygen atoms in total. The number of rotatable bonds is 10. The Morgan fingerprint density at radius 3 is 2.58 bits per heavy atom. The SMILES string of the molecule is CN(C)CCCN(C)[C@@H]1CCCN(C(=O)CCCCc2ccccc2)C1. The number of unbranched alkanes of at least 4 members (excludes halogenated alkanes) is 1. The van der Waals surface area contributed by atoms with Crippen LogP contribution in [0.1, 0.15) is 44.1 Å². The zero-order valence-electron chi connectivity index (χ0n) is 17.0. The van der Waals surface area contributed by atoms with E-state index in [1.54, 1.807) is 0 Å². The molecular formula is C22H37N3O. The van der Waals surface area contributed by atoms with E-state index in [0.717, 1.165) is 51.9 Å². The molecule has 0 aromatic heterocycles. The van der Waals surface area contributed by atoms with Gasteiger partial charge in [0.2, 0.25) is 5.91 Å². The van der Waals surface area contributed by atoms with Crippen molar-refractivity contribution in [3.05, 3.63) is 35.9 Å². The Morgan fingerprint density at radius 1 is 1.08 bits per heavy atom. The van der Waals surface area contributed by atoms with Crippen LogP contribution in [-0.4, -0.2) is 74.0 Å². The fourth-order valence-corrected chi connectivity index (χ4v) is 3.77. The molecule has 1 aromatic carbocycles. The van der Waals surface area contributed by atoms with Crippen LogP contribution in [0.2, 0.25) is 0 Å². The Morgan fingerprint density at radius 2 is 1.85 bits per heavy atom. The minimum Gasteiger partial charge on any atom is -0.341 e. The second-order valence-electron chi connectivity index (χ2n) is 7.97. The van der Waals surface area contributed by atoms with E-state index < -0.39 is 0 Å². The summed E-state index contributed by atoms with van der Waals surface area (Å²) < 4.78 is 0. The summed E-state index contributed by atoms with van der Waals surface area (Å²) in [5, 5.41) is 0. The Hall–Kier alpha value is -1.39. The summed E-state index contributed by atoms with van der Waals surface area (Å²) >= 11 is 0. The molecule has 4 heteroatoms. The Kier molecular flexibility index (Phi) is 9.13. The summed E-state index contributed by atoms with van der Waals surface area (Å²) in [6.07, 6.45) is 7.41. The van der Waals surface area contributed by atoms with Crippen molar-refractivity contribution in [2.24, 2.45) is 0 Å². The van der Waals surface area contributed by atoms with Gasteiger partial charge >= 0.3 is 0 Å². The van der Waals surface area contributed by atoms with Gasteiger partial charge in [0.15, 0.2) is 0 Å². The van der Waals surface area contributed by atoms with Gasteiger partial charge in [0, 0.05) is 25.6 Å². The number of carbonyl (C=O) groups is 1. The van der Waals surface area contributed by atoms with Gasteiger partial charge in [-0.15, -0.1) is 0 Å². The number of benzene rings is 1. The number of nitrogens with zero attached hydrogens (tertiary/aromatic N) is 3. The average Bonchev–Trinajstić information content (AvgIpc) is 2.65. The standard InChI is InChI=1S/C22H37N3O/c1-23(2)16-10-17-24(3)21-14-9-18-25(19-21)22(26)15-8-7-13-20-11-5-4-6-12-20/h4-6,11-12,21H,7-10,13-19H2,1-3H3/t21-/m1/s1. The number of hydrogen-bond acceptors (Lipinski definition) is 3. The molecule has 1 aliphatic rings. The maximum atomic E-state index is 12.6. The smallest absolute Gasteiger partial charge is 0.222 e. The largest absolute Gasteiger partial charge is 0.341 e. The highest BCUT2D eigenvalue weighted by Gasteiger charge is 2.25. The predicted molar refractivity (Wildman–Crippen MR) is 109 cm³/mol. The van der Waals surface area contributed by atoms with E-state index in [0.29, 0.717) is 18.4 Å². The lowest BCUT2D eigenvalue weighted by atomic mass is 10.0. The first kappa shape index (κ1) is 20.9. The average molecular weight is 360 g/mol. The van der Waals surface area contributed by atoms with Gasteiger partial charge in [-0.1, -0.05) is 30.3 Å². The summed E-state index contributed by atoms with van der Waals surface area (Å²) in [5.74, 6) is 0.351. The van der Waals surface area contributed by atoms with Crippen molar-refractivity contribution in [3.63, 3.8) is 0 Å². The maximum absolute atomic E-state index is 12.6. The summed E-state index contributed by atoms with van der Waals surface area (Å²) in [5.41, 5.74) is 1.37. The molecule has 0 spiro atoms. The molecule has 0 bridgehead atoms. The van der Waals surface area contributed by atoms with E-state index in [-0.39, 0.29) is 0 Å². The van der Waals surface area contributed by atoms with E-state index in [1.807, 2.05) is 0 Å². The van der Waals surface area contributed by atoms with Gasteiger partial charge < -0.3 is 14.7 Å². The Labute approximate surface area is 160 Å². The number of aryl methyl sites for hydroxylation is 1. The highest BCUT2D eigenvalue weighted by Crippen LogP contribution is 2.17. The first-order valence-electron chi connectivity index (χ1n) is 10.2. The molecule has 26 heavy (non-hydrogen) atoms. The third-order valence-electron chi connectivity index (χ3n) is 5.44. The summed E-state index contributed by atoms with van der Waals surface area (Å²) in [4.78, 5) is 19.4. The molecule has 0 saturated carbocycles. The van der Waals surface area contributed by atoms with E-state index in [2.05, 4.69) is 66.2 Å². The minimum atomic E-state index is 0.351. The highest BCUT2D eigenvalue weighted by atomic mass is 16.2. The fraction of sp³-hybridized carbons (Fsp3) is 0.682. The molecule has 146 valence electrons. The number of hydrogen-bond donors (Lipinski definition) is 0. The number of carbonyl (C=O) groups excluding carboxylic acids is 1. The van der Waals surface area contributed by atoms with Crippen molar-refractivity contribution in [2.75, 3.05) is 47.3 Å². The third-order valence-corrected chi connectivity index (χ3v) is 5.44. The van der Waals surface area contributed by atoms with E-state index in [9.17, 15) is 4.79 Å². The van der Waals surface area contributed by atoms with Crippen LogP contribution < -0.4 is 0 Å². The number of amides is 1. The van der Waals surface area contributed by atoms with E-state index in [4.69, 9.17) is 0 Å². The first-order chi connectivity index (χ1) is 12.6. The molecule has 0 N–H and O–H groups in total. The minimum absolute atomic E-state index is 0.351. The van der Waals surface area contributed by atoms with Crippen LogP contribution in [0.15, 0.2) is 30.3 Å². The van der Waals surface area contributed by atoms with Crippen LogP contribution in [-0.2, 0) is 11.2 Å². The van der Waals surface area contributed by atoms with Gasteiger partial charge in [0.05, 0.1) is 0 Å². The van der Waals surface area contributed by atoms with E-state index >= 15 is 0 Å². The quantitative estimate of drug-likeness (QED) is 0.600. The summed E-state index contributed by atoms with van der Waals surface area (Å²) in [6.45, 7) is 4.10. The van der Waals surface area contributed by atoms with E-state index in [1.165, 1.54) is 18.4 Å². The molecule has 0 radical (unpaired) electrons. The maximum Gasteiger partial charge on any atom is 0.222 e. The van der Waals surface area contributed by atoms with Crippen molar-refractivity contribution >= 4 is 5.91 Å². The van der Waals surface area contributed by atoms with Gasteiger partial charge in [-0.05, 0) is 78.3 Å². The van der Waals surface area contributed by atoms with Gasteiger partial charge in [-0.3, -0.25) is 4.79 Å². The lowest BCUT2D eigenvalue weighted by Crippen LogP contribution is -2.49. The van der Waals surface area contributed by atoms with Crippen LogP contribution in [0.5, 0.6) is 0 Å². The Balaban J connectivity index is 1.66. The lowest BCUT2D eigenvalue weighted by molar-refractivity contribution is -0.133. The fourth-order valence-electron chi connectivity index (χ4n) is 3.77. The van der Waals surface area contributed by atoms with Crippen LogP contribution in [0.3, 0.4) is 0 Å². The van der Waals surface area contributed by atoms with Crippen molar-refractivity contribution in [1.82, 2.24) is 14.7 Å². The molecule has 1 saturated heterocycles. The topological polar surface area (TPSA) is 26.8 Å². The molecule has 0 aliphatic carbocycles. The van der Waals surface area contributed by atoms with Crippen LogP contribution in [0, 0.1) is 0 Å². The molecule has 2 rings (SSSR count). The van der Waals surface area contributed by atoms with Crippen molar-refractivity contribution in [3.8, 4) is 0 Å². The zero-order valence-corrected chi connectivity index (χ0v) is 17.0. The monoisotopic (exact) mass is 359 g/mol. The molecule has 1 atom stereocenters. The van der Waals surface area contributed by atoms with Crippen molar-refractivity contribution in [2.45, 2.75) is 51.0 Å². The molecular weight excluding hydrogens is 322 g/mol. The first-order valence-corrected chi connectivity index (χ1v) is 10.2. The lowest BCUT2D eigenvalue weighted by Gasteiger charge is -2.38. The highest BCUT2D eigenvalue weighted by molar-refractivity contribution is 5.76. The van der Waals surface area contributed by atoms with Crippen molar-refractivity contribution < 1.29 is 4.79 Å². The van der Waals surface area contributed by atoms with Crippen LogP contribution >= 0.6 is 0 Å². The van der Waals surface area contributed by atoms with Crippen molar-refractivity contribution in [1.29, 1.82) is 0 Å². The normalized spacial score (nSPS) is 17.9. The molecule has 0 unspecified atom stereocenters. The predicted octanol–water partition coefficient (Wildman–Crippen LogP) is 3.27. The summed E-state index contributed by atoms with van der Waals surface area (Å²) in [7, 11) is 6.46. The Bertz CT molecular complexity index is 517. The number of likely N-dealkylation sites (tertiary alicyclic amines) is 1. The molecule has 1 amide bonds. The molecule has 1 fully saturated rings. The van der Waals surface area contributed by atoms with Gasteiger partial charge in [-0.25, -0.2) is 0 Å². The third kappa shape index (κ3) is 7.46. The van der Waals surface area contributed by atoms with Crippen LogP contribution in [0.4, 0.5) is 0 Å². The zero-order chi connectivity index (χ0) is 18.8. The number of piperidine rings is 1. The molecule has 1 heterocycles. The summed E-state index contributed by atoms with van der Waals surface area (Å²) in [6, 6.07) is 11.1. The van der Waals surface area contributed by atoms with Crippen LogP contribution in [0.25, 0.3) is 0 Å².